The first kappa shape index (κ1) is 26.6. The number of anilines is 1. The fourth-order valence-corrected chi connectivity index (χ4v) is 4.28. The van der Waals surface area contributed by atoms with Crippen LogP contribution < -0.4 is 4.90 Å². The van der Waals surface area contributed by atoms with Crippen LogP contribution in [0.2, 0.25) is 10.2 Å². The van der Waals surface area contributed by atoms with Crippen molar-refractivity contribution in [3.63, 3.8) is 0 Å². The van der Waals surface area contributed by atoms with Crippen LogP contribution in [0.15, 0.2) is 48.7 Å². The first-order valence-electron chi connectivity index (χ1n) is 11.4. The van der Waals surface area contributed by atoms with Gasteiger partial charge in [0, 0.05) is 11.4 Å². The Balaban J connectivity index is 1.65. The van der Waals surface area contributed by atoms with Crippen LogP contribution in [0, 0.1) is 5.82 Å². The second kappa shape index (κ2) is 10.5. The Kier molecular flexibility index (Phi) is 7.52. The zero-order chi connectivity index (χ0) is 26.9. The highest BCUT2D eigenvalue weighted by molar-refractivity contribution is 6.31. The lowest BCUT2D eigenvalue weighted by Crippen LogP contribution is -2.60. The van der Waals surface area contributed by atoms with Gasteiger partial charge in [0.15, 0.2) is 5.15 Å². The van der Waals surface area contributed by atoms with E-state index in [1.54, 1.807) is 39.0 Å². The Hall–Kier alpha value is -3.50. The molecule has 0 spiro atoms. The SMILES string of the molecule is CC(C)(C)OC(=O)C(Cc1cccc(F)c1)N1CC(=O)N(c2cc(Cl)ccc2-n2cc(Cl)nn2)CC1=O. The van der Waals surface area contributed by atoms with Gasteiger partial charge in [0.05, 0.1) is 17.6 Å². The summed E-state index contributed by atoms with van der Waals surface area (Å²) in [5.41, 5.74) is 0.410. The average Bonchev–Trinajstić information content (AvgIpc) is 3.23. The molecule has 1 fully saturated rings. The minimum atomic E-state index is -1.13. The summed E-state index contributed by atoms with van der Waals surface area (Å²) in [5.74, 6) is -2.11. The molecule has 2 amide bonds. The molecule has 37 heavy (non-hydrogen) atoms. The van der Waals surface area contributed by atoms with Crippen molar-refractivity contribution in [2.45, 2.75) is 38.8 Å². The highest BCUT2D eigenvalue weighted by Crippen LogP contribution is 2.30. The van der Waals surface area contributed by atoms with E-state index < -0.39 is 41.8 Å². The summed E-state index contributed by atoms with van der Waals surface area (Å²) in [6, 6.07) is 9.35. The van der Waals surface area contributed by atoms with Gasteiger partial charge in [-0.3, -0.25) is 14.5 Å². The maximum absolute atomic E-state index is 13.8. The third kappa shape index (κ3) is 6.26. The Morgan fingerprint density at radius 1 is 1.08 bits per heavy atom. The lowest BCUT2D eigenvalue weighted by atomic mass is 10.0. The van der Waals surface area contributed by atoms with E-state index in [4.69, 9.17) is 27.9 Å². The summed E-state index contributed by atoms with van der Waals surface area (Å²) < 4.78 is 20.7. The van der Waals surface area contributed by atoms with Crippen molar-refractivity contribution < 1.29 is 23.5 Å². The highest BCUT2D eigenvalue weighted by atomic mass is 35.5. The molecule has 1 unspecified atom stereocenters. The minimum Gasteiger partial charge on any atom is -0.458 e. The standard InChI is InChI=1S/C25H24Cl2FN5O4/c1-25(2,3)37-24(36)20(10-15-5-4-6-17(28)9-15)32-14-22(34)31(13-23(32)35)19-11-16(26)7-8-18(19)33-12-21(27)29-30-33/h4-9,11-12,20H,10,13-14H2,1-3H3. The molecular formula is C25H24Cl2FN5O4. The van der Waals surface area contributed by atoms with Crippen LogP contribution in [0.4, 0.5) is 10.1 Å². The van der Waals surface area contributed by atoms with Crippen LogP contribution in [-0.2, 0) is 25.5 Å². The molecule has 2 aromatic carbocycles. The van der Waals surface area contributed by atoms with E-state index in [9.17, 15) is 18.8 Å². The van der Waals surface area contributed by atoms with Crippen molar-refractivity contribution in [3.8, 4) is 5.69 Å². The van der Waals surface area contributed by atoms with Crippen molar-refractivity contribution in [1.29, 1.82) is 0 Å². The molecule has 0 radical (unpaired) electrons. The van der Waals surface area contributed by atoms with Gasteiger partial charge in [0.1, 0.15) is 30.5 Å². The first-order chi connectivity index (χ1) is 17.4. The Morgan fingerprint density at radius 2 is 1.84 bits per heavy atom. The van der Waals surface area contributed by atoms with Crippen molar-refractivity contribution >= 4 is 46.7 Å². The highest BCUT2D eigenvalue weighted by Gasteiger charge is 2.40. The molecule has 9 nitrogen and oxygen atoms in total. The lowest BCUT2D eigenvalue weighted by Gasteiger charge is -2.38. The fraction of sp³-hybridized carbons (Fsp3) is 0.320. The number of amides is 2. The van der Waals surface area contributed by atoms with Crippen LogP contribution >= 0.6 is 23.2 Å². The smallest absolute Gasteiger partial charge is 0.329 e. The summed E-state index contributed by atoms with van der Waals surface area (Å²) in [5, 5.41) is 8.17. The van der Waals surface area contributed by atoms with E-state index in [0.29, 0.717) is 22.0 Å². The predicted molar refractivity (Wildman–Crippen MR) is 135 cm³/mol. The number of hydrogen-bond acceptors (Lipinski definition) is 6. The number of benzene rings is 2. The van der Waals surface area contributed by atoms with Gasteiger partial charge in [-0.15, -0.1) is 5.10 Å². The summed E-state index contributed by atoms with van der Waals surface area (Å²) in [7, 11) is 0. The van der Waals surface area contributed by atoms with Gasteiger partial charge in [0.2, 0.25) is 11.8 Å². The van der Waals surface area contributed by atoms with Crippen LogP contribution in [0.5, 0.6) is 0 Å². The Labute approximate surface area is 222 Å². The molecule has 4 rings (SSSR count). The molecule has 1 saturated heterocycles. The number of rotatable bonds is 6. The minimum absolute atomic E-state index is 0.0223. The van der Waals surface area contributed by atoms with Crippen molar-refractivity contribution in [2.24, 2.45) is 0 Å². The summed E-state index contributed by atoms with van der Waals surface area (Å²) in [6.45, 7) is 4.34. The van der Waals surface area contributed by atoms with Gasteiger partial charge >= 0.3 is 5.97 Å². The molecule has 12 heteroatoms. The number of piperazine rings is 1. The second-order valence-corrected chi connectivity index (χ2v) is 10.3. The van der Waals surface area contributed by atoms with Gasteiger partial charge < -0.3 is 9.64 Å². The fourth-order valence-electron chi connectivity index (χ4n) is 3.98. The first-order valence-corrected chi connectivity index (χ1v) is 12.1. The van der Waals surface area contributed by atoms with E-state index in [-0.39, 0.29) is 18.1 Å². The molecule has 1 aliphatic rings. The lowest BCUT2D eigenvalue weighted by molar-refractivity contribution is -0.165. The molecule has 0 aliphatic carbocycles. The maximum atomic E-state index is 13.8. The van der Waals surface area contributed by atoms with E-state index in [0.717, 1.165) is 0 Å². The van der Waals surface area contributed by atoms with Crippen molar-refractivity contribution in [3.05, 3.63) is 70.2 Å². The van der Waals surface area contributed by atoms with Crippen LogP contribution in [-0.4, -0.2) is 62.4 Å². The number of nitrogens with zero attached hydrogens (tertiary/aromatic N) is 5. The third-order valence-corrected chi connectivity index (χ3v) is 5.94. The van der Waals surface area contributed by atoms with E-state index in [1.807, 2.05) is 0 Å². The number of esters is 1. The van der Waals surface area contributed by atoms with Gasteiger partial charge in [-0.1, -0.05) is 40.5 Å². The topological polar surface area (TPSA) is 97.6 Å². The van der Waals surface area contributed by atoms with Gasteiger partial charge in [-0.2, -0.15) is 0 Å². The van der Waals surface area contributed by atoms with Crippen LogP contribution in [0.1, 0.15) is 26.3 Å². The Bertz CT molecular complexity index is 1360. The number of carbonyl (C=O) groups excluding carboxylic acids is 3. The van der Waals surface area contributed by atoms with Crippen LogP contribution in [0.25, 0.3) is 5.69 Å². The quantitative estimate of drug-likeness (QED) is 0.435. The maximum Gasteiger partial charge on any atom is 0.329 e. The summed E-state index contributed by atoms with van der Waals surface area (Å²) in [6.07, 6.45) is 1.43. The summed E-state index contributed by atoms with van der Waals surface area (Å²) in [4.78, 5) is 42.4. The van der Waals surface area contributed by atoms with Gasteiger partial charge in [-0.25, -0.2) is 13.9 Å². The molecule has 2 heterocycles. The van der Waals surface area contributed by atoms with E-state index >= 15 is 0 Å². The zero-order valence-corrected chi connectivity index (χ0v) is 21.8. The van der Waals surface area contributed by atoms with Crippen molar-refractivity contribution in [2.75, 3.05) is 18.0 Å². The monoisotopic (exact) mass is 547 g/mol. The van der Waals surface area contributed by atoms with Crippen LogP contribution in [0.3, 0.4) is 0 Å². The largest absolute Gasteiger partial charge is 0.458 e. The molecule has 0 bridgehead atoms. The van der Waals surface area contributed by atoms with Gasteiger partial charge in [0.25, 0.3) is 0 Å². The number of ether oxygens (including phenoxy) is 1. The number of hydrogen-bond donors (Lipinski definition) is 0. The molecule has 1 atom stereocenters. The molecule has 1 aromatic heterocycles. The van der Waals surface area contributed by atoms with E-state index in [1.165, 1.54) is 44.9 Å². The number of aromatic nitrogens is 3. The molecule has 3 aromatic rings. The van der Waals surface area contributed by atoms with Gasteiger partial charge in [-0.05, 0) is 56.7 Å². The molecule has 0 N–H and O–H groups in total. The zero-order valence-electron chi connectivity index (χ0n) is 20.3. The van der Waals surface area contributed by atoms with E-state index in [2.05, 4.69) is 10.3 Å². The normalized spacial score (nSPS) is 15.2. The van der Waals surface area contributed by atoms with Crippen molar-refractivity contribution in [1.82, 2.24) is 19.9 Å². The molecule has 194 valence electrons. The third-order valence-electron chi connectivity index (χ3n) is 5.53. The number of halogens is 3. The molecular weight excluding hydrogens is 524 g/mol. The average molecular weight is 548 g/mol. The molecule has 1 aliphatic heterocycles. The predicted octanol–water partition coefficient (Wildman–Crippen LogP) is 3.84. The summed E-state index contributed by atoms with van der Waals surface area (Å²) >= 11 is 12.1. The molecule has 0 saturated carbocycles. The second-order valence-electron chi connectivity index (χ2n) is 9.50. The number of carbonyl (C=O) groups is 3. The Morgan fingerprint density at radius 3 is 2.49 bits per heavy atom.